The maximum Gasteiger partial charge on any atom is 0.343 e. The third-order valence-corrected chi connectivity index (χ3v) is 6.21. The van der Waals surface area contributed by atoms with E-state index in [1.807, 2.05) is 26.0 Å². The number of esters is 1. The molecule has 3 rings (SSSR count). The predicted molar refractivity (Wildman–Crippen MR) is 130 cm³/mol. The van der Waals surface area contributed by atoms with Gasteiger partial charge in [-0.05, 0) is 83.0 Å². The number of hydrogen-bond acceptors (Lipinski definition) is 7. The predicted octanol–water partition coefficient (Wildman–Crippen LogP) is 5.25. The number of hydrogen-bond donors (Lipinski definition) is 1. The van der Waals surface area contributed by atoms with Gasteiger partial charge in [-0.15, -0.1) is 0 Å². The van der Waals surface area contributed by atoms with Crippen LogP contribution in [0, 0.1) is 6.92 Å². The fraction of sp³-hybridized carbons (Fsp3) is 0.227. The van der Waals surface area contributed by atoms with E-state index >= 15 is 0 Å². The molecule has 1 aliphatic heterocycles. The maximum atomic E-state index is 12.5. The Morgan fingerprint density at radius 3 is 2.81 bits per heavy atom. The zero-order chi connectivity index (χ0) is 23.3. The van der Waals surface area contributed by atoms with Crippen LogP contribution >= 0.6 is 39.3 Å². The first kappa shape index (κ1) is 24.2. The summed E-state index contributed by atoms with van der Waals surface area (Å²) in [6, 6.07) is 8.94. The number of aliphatic imine (C=N–C) groups is 1. The Morgan fingerprint density at radius 1 is 1.31 bits per heavy atom. The largest absolute Gasteiger partial charge is 0.490 e. The summed E-state index contributed by atoms with van der Waals surface area (Å²) in [5.41, 5.74) is 2.24. The molecule has 1 fully saturated rings. The minimum atomic E-state index is -0.508. The standard InChI is InChI=1S/C22H20BrClN2O5S/c1-4-30-17-9-13(8-14(23)20(17)31-11-19(27)29-3)10-18-21(28)26-22(32-18)25-16-7-5-6-15(24)12(16)2/h5-10H,4,11H2,1-3H3,(H,25,26,28)/b18-10+. The molecule has 0 bridgehead atoms. The number of carbonyl (C=O) groups excluding carboxylic acids is 2. The number of nitrogens with zero attached hydrogens (tertiary/aromatic N) is 1. The lowest BCUT2D eigenvalue weighted by Gasteiger charge is -2.14. The molecule has 0 unspecified atom stereocenters. The van der Waals surface area contributed by atoms with Crippen LogP contribution in [0.4, 0.5) is 5.69 Å². The quantitative estimate of drug-likeness (QED) is 0.382. The van der Waals surface area contributed by atoms with Gasteiger partial charge < -0.3 is 19.5 Å². The molecule has 0 aliphatic carbocycles. The second-order valence-electron chi connectivity index (χ2n) is 6.49. The average Bonchev–Trinajstić information content (AvgIpc) is 3.09. The van der Waals surface area contributed by atoms with Gasteiger partial charge in [0.15, 0.2) is 23.3 Å². The fourth-order valence-electron chi connectivity index (χ4n) is 2.72. The molecule has 7 nitrogen and oxygen atoms in total. The molecule has 1 N–H and O–H groups in total. The molecule has 1 aliphatic rings. The van der Waals surface area contributed by atoms with Gasteiger partial charge in [0.25, 0.3) is 5.91 Å². The Balaban J connectivity index is 1.87. The highest BCUT2D eigenvalue weighted by molar-refractivity contribution is 9.10. The van der Waals surface area contributed by atoms with Crippen molar-refractivity contribution in [2.75, 3.05) is 20.3 Å². The normalized spacial score (nSPS) is 15.7. The molecule has 1 amide bonds. The second-order valence-corrected chi connectivity index (χ2v) is 8.79. The van der Waals surface area contributed by atoms with E-state index in [-0.39, 0.29) is 12.5 Å². The number of carbonyl (C=O) groups is 2. The minimum Gasteiger partial charge on any atom is -0.490 e. The van der Waals surface area contributed by atoms with E-state index < -0.39 is 5.97 Å². The molecular formula is C22H20BrClN2O5S. The first-order valence-corrected chi connectivity index (χ1v) is 11.5. The lowest BCUT2D eigenvalue weighted by molar-refractivity contribution is -0.142. The van der Waals surface area contributed by atoms with Gasteiger partial charge in [-0.2, -0.15) is 0 Å². The molecule has 0 saturated carbocycles. The molecule has 10 heteroatoms. The van der Waals surface area contributed by atoms with E-state index in [4.69, 9.17) is 21.1 Å². The van der Waals surface area contributed by atoms with Gasteiger partial charge in [0.05, 0.1) is 28.8 Å². The van der Waals surface area contributed by atoms with Gasteiger partial charge in [-0.1, -0.05) is 17.7 Å². The summed E-state index contributed by atoms with van der Waals surface area (Å²) in [4.78, 5) is 28.9. The van der Waals surface area contributed by atoms with Gasteiger partial charge in [-0.3, -0.25) is 4.79 Å². The van der Waals surface area contributed by atoms with Crippen LogP contribution in [-0.2, 0) is 14.3 Å². The Labute approximate surface area is 203 Å². The number of amidine groups is 1. The summed E-state index contributed by atoms with van der Waals surface area (Å²) in [6.45, 7) is 3.85. The molecule has 32 heavy (non-hydrogen) atoms. The number of ether oxygens (including phenoxy) is 3. The smallest absolute Gasteiger partial charge is 0.343 e. The van der Waals surface area contributed by atoms with Crippen LogP contribution in [0.25, 0.3) is 6.08 Å². The van der Waals surface area contributed by atoms with Crippen LogP contribution in [0.5, 0.6) is 11.5 Å². The van der Waals surface area contributed by atoms with E-state index in [9.17, 15) is 9.59 Å². The second kappa shape index (κ2) is 10.9. The summed E-state index contributed by atoms with van der Waals surface area (Å²) in [5, 5.41) is 3.85. The van der Waals surface area contributed by atoms with Crippen molar-refractivity contribution in [3.05, 3.63) is 55.9 Å². The van der Waals surface area contributed by atoms with Crippen LogP contribution in [0.1, 0.15) is 18.1 Å². The molecule has 2 aromatic rings. The Bertz CT molecular complexity index is 1120. The van der Waals surface area contributed by atoms with Crippen LogP contribution in [0.3, 0.4) is 0 Å². The molecule has 168 valence electrons. The van der Waals surface area contributed by atoms with E-state index in [1.165, 1.54) is 18.9 Å². The Morgan fingerprint density at radius 2 is 2.09 bits per heavy atom. The molecule has 2 aromatic carbocycles. The molecule has 0 atom stereocenters. The van der Waals surface area contributed by atoms with E-state index in [1.54, 1.807) is 24.3 Å². The van der Waals surface area contributed by atoms with E-state index in [0.717, 1.165) is 5.56 Å². The highest BCUT2D eigenvalue weighted by Gasteiger charge is 2.24. The first-order chi connectivity index (χ1) is 15.3. The van der Waals surface area contributed by atoms with Crippen molar-refractivity contribution < 1.29 is 23.8 Å². The zero-order valence-electron chi connectivity index (χ0n) is 17.5. The molecule has 0 radical (unpaired) electrons. The van der Waals surface area contributed by atoms with Gasteiger partial charge in [0.1, 0.15) is 0 Å². The van der Waals surface area contributed by atoms with Crippen molar-refractivity contribution in [3.63, 3.8) is 0 Å². The Kier molecular flexibility index (Phi) is 8.22. The zero-order valence-corrected chi connectivity index (χ0v) is 20.7. The van der Waals surface area contributed by atoms with Crippen LogP contribution in [-0.4, -0.2) is 37.4 Å². The number of rotatable bonds is 7. The molecule has 1 saturated heterocycles. The van der Waals surface area contributed by atoms with Gasteiger partial charge >= 0.3 is 5.97 Å². The summed E-state index contributed by atoms with van der Waals surface area (Å²) in [5.74, 6) is 0.0472. The highest BCUT2D eigenvalue weighted by atomic mass is 79.9. The van der Waals surface area contributed by atoms with Gasteiger partial charge in [0, 0.05) is 5.02 Å². The molecule has 0 aromatic heterocycles. The number of halogens is 2. The number of benzene rings is 2. The number of nitrogens with one attached hydrogen (secondary N) is 1. The third kappa shape index (κ3) is 5.85. The average molecular weight is 540 g/mol. The van der Waals surface area contributed by atoms with Crippen LogP contribution in [0.2, 0.25) is 5.02 Å². The summed E-state index contributed by atoms with van der Waals surface area (Å²) < 4.78 is 16.4. The maximum absolute atomic E-state index is 12.5. The molecular weight excluding hydrogens is 520 g/mol. The number of amides is 1. The minimum absolute atomic E-state index is 0.253. The van der Waals surface area contributed by atoms with E-state index in [0.29, 0.717) is 48.9 Å². The topological polar surface area (TPSA) is 86.2 Å². The van der Waals surface area contributed by atoms with Crippen molar-refractivity contribution in [2.24, 2.45) is 4.99 Å². The summed E-state index contributed by atoms with van der Waals surface area (Å²) >= 11 is 10.8. The van der Waals surface area contributed by atoms with Crippen LogP contribution < -0.4 is 14.8 Å². The van der Waals surface area contributed by atoms with Crippen LogP contribution in [0.15, 0.2) is 44.7 Å². The lowest BCUT2D eigenvalue weighted by Crippen LogP contribution is -2.19. The van der Waals surface area contributed by atoms with Crippen molar-refractivity contribution in [2.45, 2.75) is 13.8 Å². The molecule has 0 spiro atoms. The van der Waals surface area contributed by atoms with E-state index in [2.05, 4.69) is 31.0 Å². The summed E-state index contributed by atoms with van der Waals surface area (Å²) in [6.07, 6.45) is 1.73. The number of methoxy groups -OCH3 is 1. The summed E-state index contributed by atoms with van der Waals surface area (Å²) in [7, 11) is 1.29. The SMILES string of the molecule is CCOc1cc(/C=C2/SC(=Nc3cccc(Cl)c3C)NC2=O)cc(Br)c1OCC(=O)OC. The van der Waals surface area contributed by atoms with Crippen molar-refractivity contribution in [1.82, 2.24) is 5.32 Å². The van der Waals surface area contributed by atoms with Gasteiger partial charge in [0.2, 0.25) is 0 Å². The van der Waals surface area contributed by atoms with Crippen molar-refractivity contribution in [1.29, 1.82) is 0 Å². The molecule has 1 heterocycles. The highest BCUT2D eigenvalue weighted by Crippen LogP contribution is 2.39. The number of thioether (sulfide) groups is 1. The Hall–Kier alpha value is -2.49. The lowest BCUT2D eigenvalue weighted by atomic mass is 10.2. The van der Waals surface area contributed by atoms with Crippen molar-refractivity contribution >= 4 is 68.1 Å². The monoisotopic (exact) mass is 538 g/mol. The van der Waals surface area contributed by atoms with Gasteiger partial charge in [-0.25, -0.2) is 9.79 Å². The van der Waals surface area contributed by atoms with Crippen molar-refractivity contribution in [3.8, 4) is 11.5 Å². The first-order valence-electron chi connectivity index (χ1n) is 9.53. The fourth-order valence-corrected chi connectivity index (χ4v) is 4.30. The third-order valence-electron chi connectivity index (χ3n) is 4.30.